The summed E-state index contributed by atoms with van der Waals surface area (Å²) in [6, 6.07) is 22.0. The van der Waals surface area contributed by atoms with E-state index in [1.54, 1.807) is 41.8 Å². The highest BCUT2D eigenvalue weighted by molar-refractivity contribution is 7.93. The van der Waals surface area contributed by atoms with E-state index in [-0.39, 0.29) is 15.1 Å². The number of amides is 1. The summed E-state index contributed by atoms with van der Waals surface area (Å²) < 4.78 is 38.6. The molecule has 0 fully saturated rings. The second kappa shape index (κ2) is 12.3. The van der Waals surface area contributed by atoms with E-state index in [4.69, 9.17) is 21.7 Å². The molecule has 3 N–H and O–H groups in total. The number of nitrogens with zero attached hydrogens (tertiary/aromatic N) is 1. The summed E-state index contributed by atoms with van der Waals surface area (Å²) >= 11 is 6.41. The van der Waals surface area contributed by atoms with Crippen molar-refractivity contribution in [2.75, 3.05) is 23.3 Å². The summed E-state index contributed by atoms with van der Waals surface area (Å²) in [5.41, 5.74) is 0.870. The van der Waals surface area contributed by atoms with Crippen LogP contribution >= 0.6 is 23.6 Å². The molecule has 9 nitrogen and oxygen atoms in total. The minimum atomic E-state index is -3.76. The molecule has 0 aliphatic carbocycles. The minimum Gasteiger partial charge on any atom is -0.490 e. The fourth-order valence-corrected chi connectivity index (χ4v) is 5.06. The van der Waals surface area contributed by atoms with E-state index in [0.717, 1.165) is 5.75 Å². The molecule has 0 unspecified atom stereocenters. The van der Waals surface area contributed by atoms with Gasteiger partial charge < -0.3 is 14.8 Å². The van der Waals surface area contributed by atoms with Crippen LogP contribution in [-0.4, -0.2) is 37.6 Å². The molecule has 0 aliphatic heterocycles. The number of hydrogen-bond acceptors (Lipinski definition) is 8. The molecule has 0 saturated carbocycles. The zero-order valence-corrected chi connectivity index (χ0v) is 21.7. The van der Waals surface area contributed by atoms with Crippen molar-refractivity contribution in [1.29, 1.82) is 0 Å². The molecule has 0 spiro atoms. The number of carbonyl (C=O) groups excluding carboxylic acids is 1. The van der Waals surface area contributed by atoms with Gasteiger partial charge in [-0.3, -0.25) is 14.8 Å². The van der Waals surface area contributed by atoms with Crippen molar-refractivity contribution in [1.82, 2.24) is 10.3 Å². The molecule has 0 saturated heterocycles. The molecule has 4 rings (SSSR count). The Labute approximate surface area is 223 Å². The Bertz CT molecular complexity index is 1450. The van der Waals surface area contributed by atoms with Gasteiger partial charge in [-0.15, -0.1) is 11.3 Å². The van der Waals surface area contributed by atoms with Gasteiger partial charge in [-0.1, -0.05) is 24.3 Å². The largest absolute Gasteiger partial charge is 0.490 e. The van der Waals surface area contributed by atoms with Gasteiger partial charge in [0.15, 0.2) is 10.2 Å². The van der Waals surface area contributed by atoms with E-state index in [0.29, 0.717) is 30.2 Å². The van der Waals surface area contributed by atoms with Crippen molar-refractivity contribution in [3.05, 3.63) is 96.0 Å². The summed E-state index contributed by atoms with van der Waals surface area (Å²) in [5.74, 6) is 0.852. The molecule has 37 heavy (non-hydrogen) atoms. The fraction of sp³-hybridized carbons (Fsp3) is 0.0800. The van der Waals surface area contributed by atoms with Gasteiger partial charge in [-0.05, 0) is 66.8 Å². The minimum absolute atomic E-state index is 0.0594. The SMILES string of the molecule is O=C(NC(=S)Nc1ccc(S(=O)(=O)Nc2nccs2)cc1)c1cccc(OCCOc2ccccc2)c1. The molecule has 3 aromatic carbocycles. The highest BCUT2D eigenvalue weighted by Crippen LogP contribution is 2.20. The van der Waals surface area contributed by atoms with E-state index >= 15 is 0 Å². The number of thiocarbonyl (C=S) groups is 1. The Morgan fingerprint density at radius 3 is 2.32 bits per heavy atom. The van der Waals surface area contributed by atoms with Crippen molar-refractivity contribution in [2.45, 2.75) is 4.90 Å². The van der Waals surface area contributed by atoms with Crippen LogP contribution in [0.4, 0.5) is 10.8 Å². The topological polar surface area (TPSA) is 119 Å². The molecule has 0 atom stereocenters. The first-order valence-electron chi connectivity index (χ1n) is 10.9. The van der Waals surface area contributed by atoms with Gasteiger partial charge >= 0.3 is 0 Å². The van der Waals surface area contributed by atoms with Gasteiger partial charge in [0.05, 0.1) is 4.90 Å². The Morgan fingerprint density at radius 2 is 1.62 bits per heavy atom. The Kier molecular flexibility index (Phi) is 8.67. The normalized spacial score (nSPS) is 10.8. The highest BCUT2D eigenvalue weighted by atomic mass is 32.2. The molecule has 0 bridgehead atoms. The number of benzene rings is 3. The number of aromatic nitrogens is 1. The molecule has 0 aliphatic rings. The third-order valence-electron chi connectivity index (χ3n) is 4.76. The van der Waals surface area contributed by atoms with Gasteiger partial charge in [-0.25, -0.2) is 13.4 Å². The Balaban J connectivity index is 1.26. The van der Waals surface area contributed by atoms with Gasteiger partial charge in [0.1, 0.15) is 24.7 Å². The lowest BCUT2D eigenvalue weighted by Gasteiger charge is -2.12. The van der Waals surface area contributed by atoms with E-state index in [1.807, 2.05) is 30.3 Å². The van der Waals surface area contributed by atoms with Crippen LogP contribution in [0.2, 0.25) is 0 Å². The summed E-state index contributed by atoms with van der Waals surface area (Å²) in [7, 11) is -3.76. The summed E-state index contributed by atoms with van der Waals surface area (Å²) in [6.07, 6.45) is 1.51. The number of ether oxygens (including phenoxy) is 2. The molecule has 190 valence electrons. The van der Waals surface area contributed by atoms with Crippen LogP contribution in [0.5, 0.6) is 11.5 Å². The monoisotopic (exact) mass is 554 g/mol. The molecular weight excluding hydrogens is 532 g/mol. The smallest absolute Gasteiger partial charge is 0.263 e. The lowest BCUT2D eigenvalue weighted by Crippen LogP contribution is -2.34. The predicted octanol–water partition coefficient (Wildman–Crippen LogP) is 4.53. The number of sulfonamides is 1. The summed E-state index contributed by atoms with van der Waals surface area (Å²) in [4.78, 5) is 16.6. The Hall–Kier alpha value is -4.00. The highest BCUT2D eigenvalue weighted by Gasteiger charge is 2.16. The first-order chi connectivity index (χ1) is 17.9. The van der Waals surface area contributed by atoms with Crippen molar-refractivity contribution in [3.8, 4) is 11.5 Å². The molecular formula is C25H22N4O5S3. The summed E-state index contributed by atoms with van der Waals surface area (Å²) in [6.45, 7) is 0.667. The number of anilines is 2. The van der Waals surface area contributed by atoms with E-state index < -0.39 is 15.9 Å². The van der Waals surface area contributed by atoms with Crippen molar-refractivity contribution in [3.63, 3.8) is 0 Å². The van der Waals surface area contributed by atoms with Crippen molar-refractivity contribution in [2.24, 2.45) is 0 Å². The molecule has 0 radical (unpaired) electrons. The second-order valence-corrected chi connectivity index (χ2v) is 10.4. The Morgan fingerprint density at radius 1 is 0.919 bits per heavy atom. The average molecular weight is 555 g/mol. The van der Waals surface area contributed by atoms with Gasteiger partial charge in [0.25, 0.3) is 15.9 Å². The lowest BCUT2D eigenvalue weighted by molar-refractivity contribution is 0.0977. The maximum absolute atomic E-state index is 12.6. The van der Waals surface area contributed by atoms with E-state index in [1.165, 1.54) is 29.7 Å². The second-order valence-electron chi connectivity index (χ2n) is 7.41. The lowest BCUT2D eigenvalue weighted by atomic mass is 10.2. The van der Waals surface area contributed by atoms with Gasteiger partial charge in [0, 0.05) is 22.8 Å². The maximum atomic E-state index is 12.6. The molecule has 1 amide bonds. The number of thiazole rings is 1. The molecule has 1 heterocycles. The number of nitrogens with one attached hydrogen (secondary N) is 3. The van der Waals surface area contributed by atoms with E-state index in [9.17, 15) is 13.2 Å². The maximum Gasteiger partial charge on any atom is 0.263 e. The number of hydrogen-bond donors (Lipinski definition) is 3. The quantitative estimate of drug-likeness (QED) is 0.193. The van der Waals surface area contributed by atoms with Crippen LogP contribution in [0.1, 0.15) is 10.4 Å². The number of rotatable bonds is 10. The first-order valence-corrected chi connectivity index (χ1v) is 13.7. The average Bonchev–Trinajstić information content (AvgIpc) is 3.40. The zero-order chi connectivity index (χ0) is 26.1. The van der Waals surface area contributed by atoms with Crippen LogP contribution in [0, 0.1) is 0 Å². The van der Waals surface area contributed by atoms with Crippen LogP contribution in [0.3, 0.4) is 0 Å². The van der Waals surface area contributed by atoms with Crippen molar-refractivity contribution < 1.29 is 22.7 Å². The molecule has 1 aromatic heterocycles. The van der Waals surface area contributed by atoms with Crippen LogP contribution in [-0.2, 0) is 10.0 Å². The number of para-hydroxylation sites is 1. The molecule has 12 heteroatoms. The van der Waals surface area contributed by atoms with E-state index in [2.05, 4.69) is 20.3 Å². The van der Waals surface area contributed by atoms with Crippen molar-refractivity contribution >= 4 is 55.4 Å². The third kappa shape index (κ3) is 7.74. The van der Waals surface area contributed by atoms with Gasteiger partial charge in [-0.2, -0.15) is 0 Å². The van der Waals surface area contributed by atoms with Crippen LogP contribution in [0.25, 0.3) is 0 Å². The third-order valence-corrected chi connectivity index (χ3v) is 7.14. The van der Waals surface area contributed by atoms with Gasteiger partial charge in [0.2, 0.25) is 0 Å². The number of carbonyl (C=O) groups is 1. The van der Waals surface area contributed by atoms with Crippen LogP contribution < -0.4 is 24.8 Å². The standard InChI is InChI=1S/C25H22N4O5S3/c30-23(18-5-4-8-21(17-18)34-15-14-33-20-6-2-1-3-7-20)28-24(35)27-19-9-11-22(12-10-19)37(31,32)29-25-26-13-16-36-25/h1-13,16-17H,14-15H2,(H,26,29)(H2,27,28,30,35). The first kappa shape index (κ1) is 26.1. The molecule has 4 aromatic rings. The zero-order valence-electron chi connectivity index (χ0n) is 19.3. The fourth-order valence-electron chi connectivity index (χ4n) is 3.07. The van der Waals surface area contributed by atoms with Crippen LogP contribution in [0.15, 0.2) is 95.3 Å². The summed E-state index contributed by atoms with van der Waals surface area (Å²) in [5, 5.41) is 7.47. The predicted molar refractivity (Wildman–Crippen MR) is 147 cm³/mol.